The van der Waals surface area contributed by atoms with E-state index in [2.05, 4.69) is 5.32 Å². The summed E-state index contributed by atoms with van der Waals surface area (Å²) in [6.45, 7) is 2.89. The third-order valence-electron chi connectivity index (χ3n) is 9.07. The molecule has 4 atom stereocenters. The largest absolute Gasteiger partial charge is 0.457 e. The maximum absolute atomic E-state index is 14.3. The normalized spacial score (nSPS) is 21.5. The molecule has 7 N–H and O–H groups in total. The molecule has 1 aliphatic carbocycles. The standard InChI is InChI=1S/C35H39N5O6S/c1-19-16-22(46-21-9-5-4-6-10-21)11-12-23(19)35(38)24-13-14-25(36)30-27(24)28(29(37)32(35)41)31(47-30)33(42)39-20-8-7-15-40(17-20)34(43)26(45-3)18-44-2/h4-6,9-14,16,20,26,29H,7-8,15,17-18,36-38H2,1-3H3,(H,39,42)/t20-,26-,29?,35?/m1/s1. The lowest BCUT2D eigenvalue weighted by molar-refractivity contribution is -0.146. The number of aryl methyl sites for hydroxylation is 1. The van der Waals surface area contributed by atoms with E-state index in [0.29, 0.717) is 74.8 Å². The molecule has 2 heterocycles. The number of nitrogen functional groups attached to an aromatic ring is 1. The zero-order chi connectivity index (χ0) is 33.5. The van der Waals surface area contributed by atoms with Crippen LogP contribution in [0.1, 0.15) is 50.8 Å². The minimum Gasteiger partial charge on any atom is -0.457 e. The summed E-state index contributed by atoms with van der Waals surface area (Å²) in [4.78, 5) is 43.2. The summed E-state index contributed by atoms with van der Waals surface area (Å²) in [5, 5.41) is 3.71. The number of piperidine rings is 1. The summed E-state index contributed by atoms with van der Waals surface area (Å²) >= 11 is 1.20. The Balaban J connectivity index is 1.33. The van der Waals surface area contributed by atoms with Crippen LogP contribution in [0.2, 0.25) is 0 Å². The fourth-order valence-corrected chi connectivity index (χ4v) is 7.94. The van der Waals surface area contributed by atoms with Crippen molar-refractivity contribution >= 4 is 44.7 Å². The van der Waals surface area contributed by atoms with Crippen molar-refractivity contribution in [3.63, 3.8) is 0 Å². The second-order valence-electron chi connectivity index (χ2n) is 12.1. The van der Waals surface area contributed by atoms with Crippen molar-refractivity contribution in [3.8, 4) is 11.5 Å². The molecule has 0 radical (unpaired) electrons. The number of nitrogens with zero attached hydrogens (tertiary/aromatic N) is 1. The fraction of sp³-hybridized carbons (Fsp3) is 0.343. The minimum atomic E-state index is -1.59. The number of amides is 2. The predicted octanol–water partition coefficient (Wildman–Crippen LogP) is 3.75. The monoisotopic (exact) mass is 657 g/mol. The van der Waals surface area contributed by atoms with Crippen LogP contribution < -0.4 is 27.3 Å². The Morgan fingerprint density at radius 1 is 1.09 bits per heavy atom. The maximum atomic E-state index is 14.3. The van der Waals surface area contributed by atoms with Crippen molar-refractivity contribution in [3.05, 3.63) is 87.8 Å². The van der Waals surface area contributed by atoms with Crippen LogP contribution in [0, 0.1) is 6.92 Å². The predicted molar refractivity (Wildman–Crippen MR) is 181 cm³/mol. The molecule has 47 heavy (non-hydrogen) atoms. The lowest BCUT2D eigenvalue weighted by atomic mass is 9.69. The van der Waals surface area contributed by atoms with Gasteiger partial charge in [-0.25, -0.2) is 0 Å². The van der Waals surface area contributed by atoms with Crippen molar-refractivity contribution in [1.29, 1.82) is 0 Å². The van der Waals surface area contributed by atoms with E-state index in [1.54, 1.807) is 29.2 Å². The quantitative estimate of drug-likeness (QED) is 0.196. The van der Waals surface area contributed by atoms with Crippen LogP contribution in [0.5, 0.6) is 11.5 Å². The number of ketones is 1. The summed E-state index contributed by atoms with van der Waals surface area (Å²) in [6, 6.07) is 16.8. The van der Waals surface area contributed by atoms with Gasteiger partial charge in [0.1, 0.15) is 17.0 Å². The van der Waals surface area contributed by atoms with E-state index >= 15 is 0 Å². The topological polar surface area (TPSA) is 172 Å². The molecule has 1 aromatic heterocycles. The van der Waals surface area contributed by atoms with Gasteiger partial charge in [0.05, 0.1) is 22.2 Å². The zero-order valence-electron chi connectivity index (χ0n) is 26.6. The fourth-order valence-electron chi connectivity index (χ4n) is 6.74. The molecular weight excluding hydrogens is 618 g/mol. The van der Waals surface area contributed by atoms with Crippen LogP contribution in [-0.2, 0) is 24.6 Å². The van der Waals surface area contributed by atoms with Gasteiger partial charge in [-0.05, 0) is 66.8 Å². The number of carbonyl (C=O) groups excluding carboxylic acids is 3. The molecular formula is C35H39N5O6S. The van der Waals surface area contributed by atoms with Crippen LogP contribution >= 0.6 is 11.3 Å². The molecule has 2 amide bonds. The van der Waals surface area contributed by atoms with E-state index in [1.807, 2.05) is 43.3 Å². The minimum absolute atomic E-state index is 0.136. The molecule has 1 fully saturated rings. The SMILES string of the molecule is COC[C@@H](OC)C(=O)N1CCC[C@@H](NC(=O)c2sc3c(N)ccc4c3c2C(N)C(=O)C4(N)c2ccc(Oc3ccccc3)cc2C)C1. The number of thiophene rings is 1. The number of ether oxygens (including phenoxy) is 3. The first kappa shape index (κ1) is 32.6. The number of rotatable bonds is 9. The van der Waals surface area contributed by atoms with Gasteiger partial charge in [0.25, 0.3) is 11.8 Å². The van der Waals surface area contributed by atoms with E-state index < -0.39 is 23.5 Å². The van der Waals surface area contributed by atoms with Gasteiger partial charge in [0.15, 0.2) is 11.9 Å². The van der Waals surface area contributed by atoms with E-state index in [1.165, 1.54) is 25.6 Å². The summed E-state index contributed by atoms with van der Waals surface area (Å²) in [7, 11) is 2.98. The number of hydrogen-bond donors (Lipinski definition) is 4. The number of benzene rings is 3. The van der Waals surface area contributed by atoms with Crippen LogP contribution in [0.15, 0.2) is 60.7 Å². The molecule has 2 aliphatic rings. The van der Waals surface area contributed by atoms with Gasteiger partial charge in [-0.2, -0.15) is 0 Å². The zero-order valence-corrected chi connectivity index (χ0v) is 27.4. The van der Waals surface area contributed by atoms with Crippen molar-refractivity contribution < 1.29 is 28.6 Å². The number of para-hydroxylation sites is 1. The highest BCUT2D eigenvalue weighted by Crippen LogP contribution is 2.50. The molecule has 6 rings (SSSR count). The number of nitrogens with two attached hydrogens (primary N) is 3. The lowest BCUT2D eigenvalue weighted by Gasteiger charge is -2.37. The molecule has 4 aromatic rings. The summed E-state index contributed by atoms with van der Waals surface area (Å²) in [6.07, 6.45) is 0.670. The van der Waals surface area contributed by atoms with Crippen LogP contribution in [0.3, 0.4) is 0 Å². The summed E-state index contributed by atoms with van der Waals surface area (Å²) in [5.74, 6) is 0.291. The van der Waals surface area contributed by atoms with Gasteiger partial charge in [-0.1, -0.05) is 30.3 Å². The Labute approximate surface area is 276 Å². The number of likely N-dealkylation sites (tertiary alicyclic amines) is 1. The molecule has 11 nitrogen and oxygen atoms in total. The Hall–Kier alpha value is -4.33. The number of Topliss-reactive ketones (excluding diaryl/α,β-unsaturated/α-hetero) is 1. The average molecular weight is 658 g/mol. The first-order valence-corrected chi connectivity index (χ1v) is 16.3. The molecule has 0 bridgehead atoms. The van der Waals surface area contributed by atoms with Gasteiger partial charge >= 0.3 is 0 Å². The van der Waals surface area contributed by atoms with Crippen molar-refractivity contribution in [1.82, 2.24) is 10.2 Å². The highest BCUT2D eigenvalue weighted by molar-refractivity contribution is 7.21. The van der Waals surface area contributed by atoms with Crippen LogP contribution in [0.25, 0.3) is 10.1 Å². The van der Waals surface area contributed by atoms with E-state index in [4.69, 9.17) is 31.4 Å². The molecule has 1 saturated heterocycles. The summed E-state index contributed by atoms with van der Waals surface area (Å²) in [5.41, 5.74) is 21.4. The number of methoxy groups -OCH3 is 2. The highest BCUT2D eigenvalue weighted by atomic mass is 32.1. The van der Waals surface area contributed by atoms with Gasteiger partial charge in [0.2, 0.25) is 0 Å². The van der Waals surface area contributed by atoms with Gasteiger partial charge < -0.3 is 41.6 Å². The van der Waals surface area contributed by atoms with Crippen LogP contribution in [0.4, 0.5) is 5.69 Å². The second-order valence-corrected chi connectivity index (χ2v) is 13.1. The number of carbonyl (C=O) groups is 3. The average Bonchev–Trinajstić information content (AvgIpc) is 3.48. The Kier molecular flexibility index (Phi) is 9.05. The maximum Gasteiger partial charge on any atom is 0.262 e. The van der Waals surface area contributed by atoms with E-state index in [9.17, 15) is 14.4 Å². The van der Waals surface area contributed by atoms with Gasteiger partial charge in [-0.3, -0.25) is 14.4 Å². The Bertz CT molecular complexity index is 1850. The smallest absolute Gasteiger partial charge is 0.262 e. The molecule has 246 valence electrons. The van der Waals surface area contributed by atoms with Crippen LogP contribution in [-0.4, -0.2) is 68.6 Å². The lowest BCUT2D eigenvalue weighted by Crippen LogP contribution is -2.54. The Morgan fingerprint density at radius 2 is 1.83 bits per heavy atom. The van der Waals surface area contributed by atoms with Gasteiger partial charge in [0, 0.05) is 50.0 Å². The van der Waals surface area contributed by atoms with Crippen molar-refractivity contribution in [2.24, 2.45) is 11.5 Å². The van der Waals surface area contributed by atoms with E-state index in [0.717, 1.165) is 5.56 Å². The third kappa shape index (κ3) is 5.76. The first-order chi connectivity index (χ1) is 22.6. The molecule has 0 spiro atoms. The molecule has 1 aliphatic heterocycles. The highest BCUT2D eigenvalue weighted by Gasteiger charge is 2.49. The van der Waals surface area contributed by atoms with E-state index in [-0.39, 0.29) is 24.5 Å². The molecule has 3 aromatic carbocycles. The molecule has 0 saturated carbocycles. The Morgan fingerprint density at radius 3 is 2.53 bits per heavy atom. The number of nitrogens with one attached hydrogen (secondary N) is 1. The number of anilines is 1. The number of hydrogen-bond acceptors (Lipinski definition) is 10. The van der Waals surface area contributed by atoms with Crippen molar-refractivity contribution in [2.75, 3.05) is 39.6 Å². The third-order valence-corrected chi connectivity index (χ3v) is 10.3. The summed E-state index contributed by atoms with van der Waals surface area (Å²) < 4.78 is 17.1. The van der Waals surface area contributed by atoms with Crippen molar-refractivity contribution in [2.45, 2.75) is 43.5 Å². The first-order valence-electron chi connectivity index (χ1n) is 15.5. The molecule has 2 unspecified atom stereocenters. The van der Waals surface area contributed by atoms with Gasteiger partial charge in [-0.15, -0.1) is 11.3 Å². The second kappa shape index (κ2) is 13.1. The molecule has 12 heteroatoms.